The van der Waals surface area contributed by atoms with Gasteiger partial charge in [-0.15, -0.1) is 0 Å². The Kier molecular flexibility index (Phi) is 63.8. The molecule has 0 amide bonds. The first-order chi connectivity index (χ1) is 41.0. The van der Waals surface area contributed by atoms with Crippen LogP contribution >= 0.6 is 7.82 Å². The maximum atomic E-state index is 12.8. The third-order valence-electron chi connectivity index (χ3n) is 16.3. The number of allylic oxidation sites excluding steroid dienone is 8. The second-order valence-electron chi connectivity index (χ2n) is 26.0. The molecule has 0 spiro atoms. The first-order valence-electron chi connectivity index (χ1n) is 36.3. The van der Waals surface area contributed by atoms with Crippen molar-refractivity contribution in [3.63, 3.8) is 0 Å². The van der Waals surface area contributed by atoms with Crippen molar-refractivity contribution in [2.24, 2.45) is 0 Å². The summed E-state index contributed by atoms with van der Waals surface area (Å²) in [7, 11) is 1.17. The quantitative estimate of drug-likeness (QED) is 0.0195. The number of phosphoric ester groups is 1. The topological polar surface area (TPSA) is 111 Å². The number of carbonyl (C=O) groups is 2. The third-order valence-corrected chi connectivity index (χ3v) is 17.3. The van der Waals surface area contributed by atoms with Gasteiger partial charge in [0.05, 0.1) is 27.7 Å². The Balaban J connectivity index is 3.86. The number of rotatable bonds is 68. The number of likely N-dealkylation sites (N-methyl/N-ethyl adjacent to an activating group) is 1. The highest BCUT2D eigenvalue weighted by Crippen LogP contribution is 2.38. The largest absolute Gasteiger partial charge is 0.756 e. The zero-order valence-electron chi connectivity index (χ0n) is 56.4. The lowest BCUT2D eigenvalue weighted by atomic mass is 10.0. The zero-order valence-corrected chi connectivity index (χ0v) is 57.3. The van der Waals surface area contributed by atoms with Gasteiger partial charge in [-0.1, -0.05) is 319 Å². The van der Waals surface area contributed by atoms with E-state index in [2.05, 4.69) is 62.5 Å². The van der Waals surface area contributed by atoms with Gasteiger partial charge in [-0.3, -0.25) is 14.2 Å². The minimum absolute atomic E-state index is 0.0329. The fourth-order valence-corrected chi connectivity index (χ4v) is 11.5. The van der Waals surface area contributed by atoms with Crippen LogP contribution in [0.5, 0.6) is 0 Å². The van der Waals surface area contributed by atoms with Gasteiger partial charge in [-0.2, -0.15) is 0 Å². The van der Waals surface area contributed by atoms with Crippen molar-refractivity contribution < 1.29 is 42.1 Å². The van der Waals surface area contributed by atoms with Crippen LogP contribution in [0.2, 0.25) is 0 Å². The summed E-state index contributed by atoms with van der Waals surface area (Å²) in [6.07, 6.45) is 85.1. The van der Waals surface area contributed by atoms with E-state index < -0.39 is 26.5 Å². The molecule has 2 atom stereocenters. The number of hydrogen-bond donors (Lipinski definition) is 0. The Bertz CT molecular complexity index is 1560. The van der Waals surface area contributed by atoms with Gasteiger partial charge in [-0.05, 0) is 77.0 Å². The Labute approximate surface area is 522 Å². The van der Waals surface area contributed by atoms with Crippen molar-refractivity contribution >= 4 is 19.8 Å². The summed E-state index contributed by atoms with van der Waals surface area (Å²) in [5.74, 6) is -0.833. The summed E-state index contributed by atoms with van der Waals surface area (Å²) in [5.41, 5.74) is 0. The lowest BCUT2D eigenvalue weighted by Gasteiger charge is -2.28. The third kappa shape index (κ3) is 69.1. The van der Waals surface area contributed by atoms with Gasteiger partial charge in [0.1, 0.15) is 19.8 Å². The smallest absolute Gasteiger partial charge is 0.306 e. The molecule has 0 bridgehead atoms. The Morgan fingerprint density at radius 2 is 0.643 bits per heavy atom. The van der Waals surface area contributed by atoms with Crippen molar-refractivity contribution in [3.05, 3.63) is 48.6 Å². The summed E-state index contributed by atoms with van der Waals surface area (Å²) in [6, 6.07) is 0. The molecule has 0 aromatic rings. The number of quaternary nitrogens is 1. The molecule has 0 radical (unpaired) electrons. The molecule has 0 aromatic heterocycles. The predicted molar refractivity (Wildman–Crippen MR) is 360 cm³/mol. The van der Waals surface area contributed by atoms with Gasteiger partial charge < -0.3 is 27.9 Å². The van der Waals surface area contributed by atoms with Crippen molar-refractivity contribution in [2.45, 2.75) is 367 Å². The van der Waals surface area contributed by atoms with Gasteiger partial charge in [-0.25, -0.2) is 0 Å². The molecule has 0 saturated heterocycles. The summed E-state index contributed by atoms with van der Waals surface area (Å²) in [5, 5.41) is 0. The monoisotopic (exact) mass is 1200 g/mol. The highest BCUT2D eigenvalue weighted by Gasteiger charge is 2.22. The average Bonchev–Trinajstić information content (AvgIpc) is 3.61. The van der Waals surface area contributed by atoms with E-state index in [-0.39, 0.29) is 32.0 Å². The number of phosphoric acid groups is 1. The van der Waals surface area contributed by atoms with Crippen LogP contribution in [0.3, 0.4) is 0 Å². The number of esters is 2. The van der Waals surface area contributed by atoms with Crippen LogP contribution in [0, 0.1) is 0 Å². The zero-order chi connectivity index (χ0) is 61.2. The minimum Gasteiger partial charge on any atom is -0.756 e. The molecule has 0 aliphatic carbocycles. The lowest BCUT2D eigenvalue weighted by molar-refractivity contribution is -0.870. The first-order valence-corrected chi connectivity index (χ1v) is 37.8. The molecule has 0 rings (SSSR count). The number of ether oxygens (including phenoxy) is 2. The molecule has 0 aliphatic rings. The van der Waals surface area contributed by atoms with Crippen molar-refractivity contribution in [1.82, 2.24) is 0 Å². The van der Waals surface area contributed by atoms with E-state index in [4.69, 9.17) is 18.5 Å². The molecule has 0 heterocycles. The molecule has 0 N–H and O–H groups in total. The van der Waals surface area contributed by atoms with Crippen LogP contribution in [0.4, 0.5) is 0 Å². The van der Waals surface area contributed by atoms with Gasteiger partial charge >= 0.3 is 11.9 Å². The van der Waals surface area contributed by atoms with Crippen LogP contribution in [-0.4, -0.2) is 70.0 Å². The molecule has 9 nitrogen and oxygen atoms in total. The van der Waals surface area contributed by atoms with Crippen molar-refractivity contribution in [3.8, 4) is 0 Å². The summed E-state index contributed by atoms with van der Waals surface area (Å²) in [4.78, 5) is 38.0. The van der Waals surface area contributed by atoms with E-state index in [1.54, 1.807) is 0 Å². The number of carbonyl (C=O) groups excluding carboxylic acids is 2. The van der Waals surface area contributed by atoms with Crippen LogP contribution in [-0.2, 0) is 32.7 Å². The minimum atomic E-state index is -4.64. The van der Waals surface area contributed by atoms with Crippen LogP contribution in [0.1, 0.15) is 361 Å². The molecule has 0 fully saturated rings. The summed E-state index contributed by atoms with van der Waals surface area (Å²) >= 11 is 0. The standard InChI is InChI=1S/C74H140NO8P/c1-6-8-10-12-14-16-18-20-22-24-26-27-28-29-30-31-32-33-34-35-36-37-38-39-40-41-42-43-44-45-46-47-49-50-52-54-56-58-60-62-64-66-73(76)80-70-72(71-82-84(78,79)81-69-68-75(3,4)5)83-74(77)67-65-63-61-59-57-55-53-51-48-25-23-21-19-17-15-13-11-9-7-2/h15,17,21,23-24,26,48,51,72H,6-14,16,18-20,22,25,27-47,49-50,52-71H2,1-5H3/b17-15-,23-21-,26-24-,51-48-. The average molecular weight is 1200 g/mol. The van der Waals surface area contributed by atoms with E-state index in [9.17, 15) is 19.0 Å². The molecule has 0 aromatic carbocycles. The van der Waals surface area contributed by atoms with Gasteiger partial charge in [0, 0.05) is 12.8 Å². The molecule has 0 saturated carbocycles. The van der Waals surface area contributed by atoms with E-state index in [0.717, 1.165) is 70.6 Å². The number of nitrogens with zero attached hydrogens (tertiary/aromatic N) is 1. The number of hydrogen-bond acceptors (Lipinski definition) is 8. The summed E-state index contributed by atoms with van der Waals surface area (Å²) < 4.78 is 34.3. The second-order valence-corrected chi connectivity index (χ2v) is 27.4. The maximum absolute atomic E-state index is 12.8. The van der Waals surface area contributed by atoms with Crippen LogP contribution < -0.4 is 4.89 Å². The van der Waals surface area contributed by atoms with E-state index >= 15 is 0 Å². The highest BCUT2D eigenvalue weighted by molar-refractivity contribution is 7.45. The van der Waals surface area contributed by atoms with E-state index in [1.165, 1.54) is 257 Å². The second kappa shape index (κ2) is 65.4. The SMILES string of the molecule is CCCCC/C=C\C/C=C\C/C=C\CCCCCCCCC(=O)OC(COC(=O)CCCCCCCCCCCCCCCCCCCCCCCCCCCCCCC/C=C\CCCCCCCCCC)COP(=O)([O-])OCC[N+](C)(C)C. The fraction of sp³-hybridized carbons (Fsp3) is 0.865. The Morgan fingerprint density at radius 3 is 0.988 bits per heavy atom. The van der Waals surface area contributed by atoms with Crippen LogP contribution in [0.25, 0.3) is 0 Å². The van der Waals surface area contributed by atoms with Gasteiger partial charge in [0.25, 0.3) is 7.82 Å². The first kappa shape index (κ1) is 82.0. The molecule has 2 unspecified atom stereocenters. The Hall–Kier alpha value is -2.03. The molecule has 10 heteroatoms. The molecule has 84 heavy (non-hydrogen) atoms. The highest BCUT2D eigenvalue weighted by atomic mass is 31.2. The molecule has 0 aliphatic heterocycles. The summed E-state index contributed by atoms with van der Waals surface area (Å²) in [6.45, 7) is 4.24. The number of unbranched alkanes of at least 4 members (excludes halogenated alkanes) is 46. The van der Waals surface area contributed by atoms with E-state index in [0.29, 0.717) is 17.4 Å². The van der Waals surface area contributed by atoms with Gasteiger partial charge in [0.15, 0.2) is 6.10 Å². The molecular weight excluding hydrogens is 1060 g/mol. The predicted octanol–water partition coefficient (Wildman–Crippen LogP) is 23.0. The van der Waals surface area contributed by atoms with Crippen molar-refractivity contribution in [2.75, 3.05) is 47.5 Å². The maximum Gasteiger partial charge on any atom is 0.306 e. The van der Waals surface area contributed by atoms with Crippen molar-refractivity contribution in [1.29, 1.82) is 0 Å². The normalized spacial score (nSPS) is 13.4. The Morgan fingerprint density at radius 1 is 0.369 bits per heavy atom. The fourth-order valence-electron chi connectivity index (χ4n) is 10.7. The van der Waals surface area contributed by atoms with E-state index in [1.807, 2.05) is 21.1 Å². The molecule has 494 valence electrons. The molecular formula is C74H140NO8P. The van der Waals surface area contributed by atoms with Gasteiger partial charge in [0.2, 0.25) is 0 Å². The van der Waals surface area contributed by atoms with Crippen LogP contribution in [0.15, 0.2) is 48.6 Å². The lowest BCUT2D eigenvalue weighted by Crippen LogP contribution is -2.37.